The fourth-order valence-electron chi connectivity index (χ4n) is 1.88. The fourth-order valence-corrected chi connectivity index (χ4v) is 1.88. The van der Waals surface area contributed by atoms with Crippen LogP contribution in [0.4, 0.5) is 0 Å². The van der Waals surface area contributed by atoms with Gasteiger partial charge in [0.15, 0.2) is 0 Å². The second-order valence-corrected chi connectivity index (χ2v) is 4.01. The molecule has 0 radical (unpaired) electrons. The van der Waals surface area contributed by atoms with Crippen molar-refractivity contribution in [3.63, 3.8) is 0 Å². The van der Waals surface area contributed by atoms with Gasteiger partial charge in [-0.25, -0.2) is 4.68 Å². The molecule has 1 aromatic carbocycles. The maximum atomic E-state index is 11.8. The van der Waals surface area contributed by atoms with E-state index in [0.717, 1.165) is 16.8 Å². The topological polar surface area (TPSA) is 47.2 Å². The highest BCUT2D eigenvalue weighted by molar-refractivity contribution is 5.81. The van der Waals surface area contributed by atoms with Crippen molar-refractivity contribution < 1.29 is 0 Å². The third kappa shape index (κ3) is 1.89. The number of aliphatic imine (C=N–C) groups is 1. The van der Waals surface area contributed by atoms with Crippen molar-refractivity contribution in [3.05, 3.63) is 63.6 Å². The summed E-state index contributed by atoms with van der Waals surface area (Å²) in [5, 5.41) is 4.30. The van der Waals surface area contributed by atoms with Crippen molar-refractivity contribution in [2.75, 3.05) is 0 Å². The van der Waals surface area contributed by atoms with Gasteiger partial charge in [0.2, 0.25) is 0 Å². The predicted molar refractivity (Wildman–Crippen MR) is 65.3 cm³/mol. The van der Waals surface area contributed by atoms with E-state index in [2.05, 4.69) is 10.1 Å². The smallest absolute Gasteiger partial charge is 0.267 e. The molecule has 1 aliphatic heterocycles. The van der Waals surface area contributed by atoms with Gasteiger partial charge in [-0.1, -0.05) is 30.3 Å². The molecule has 0 unspecified atom stereocenters. The number of fused-ring (bicyclic) bond motifs is 1. The van der Waals surface area contributed by atoms with E-state index in [4.69, 9.17) is 0 Å². The van der Waals surface area contributed by atoms with Gasteiger partial charge in [-0.2, -0.15) is 5.10 Å². The van der Waals surface area contributed by atoms with Crippen LogP contribution < -0.4 is 5.56 Å². The molecule has 0 N–H and O–H groups in total. The number of rotatable bonds is 2. The molecule has 0 bridgehead atoms. The first-order valence-electron chi connectivity index (χ1n) is 5.48. The van der Waals surface area contributed by atoms with E-state index in [1.807, 2.05) is 30.3 Å². The Balaban J connectivity index is 1.99. The Hall–Kier alpha value is -2.23. The van der Waals surface area contributed by atoms with Crippen molar-refractivity contribution in [2.45, 2.75) is 13.1 Å². The molecule has 0 saturated carbocycles. The van der Waals surface area contributed by atoms with Crippen LogP contribution in [-0.2, 0) is 13.1 Å². The molecule has 4 nitrogen and oxygen atoms in total. The van der Waals surface area contributed by atoms with Crippen LogP contribution in [-0.4, -0.2) is 16.0 Å². The molecule has 3 rings (SSSR count). The summed E-state index contributed by atoms with van der Waals surface area (Å²) in [6.07, 6.45) is 1.72. The van der Waals surface area contributed by atoms with Gasteiger partial charge in [0.25, 0.3) is 5.56 Å². The van der Waals surface area contributed by atoms with Crippen molar-refractivity contribution >= 4 is 6.21 Å². The lowest BCUT2D eigenvalue weighted by Gasteiger charge is -2.05. The molecule has 1 aromatic heterocycles. The van der Waals surface area contributed by atoms with Gasteiger partial charge < -0.3 is 0 Å². The molecule has 2 aromatic rings. The summed E-state index contributed by atoms with van der Waals surface area (Å²) in [5.41, 5.74) is 2.72. The van der Waals surface area contributed by atoms with Crippen LogP contribution in [0.15, 0.2) is 46.2 Å². The largest absolute Gasteiger partial charge is 0.286 e. The Morgan fingerprint density at radius 1 is 1.24 bits per heavy atom. The highest BCUT2D eigenvalue weighted by Crippen LogP contribution is 2.09. The lowest BCUT2D eigenvalue weighted by molar-refractivity contribution is 0.634. The second-order valence-electron chi connectivity index (χ2n) is 4.01. The quantitative estimate of drug-likeness (QED) is 0.771. The molecule has 1 aliphatic rings. The Labute approximate surface area is 98.3 Å². The number of hydrogen-bond donors (Lipinski definition) is 0. The molecular weight excluding hydrogens is 214 g/mol. The number of hydrogen-bond acceptors (Lipinski definition) is 3. The highest BCUT2D eigenvalue weighted by Gasteiger charge is 2.10. The fraction of sp³-hybridized carbons (Fsp3) is 0.154. The highest BCUT2D eigenvalue weighted by atomic mass is 16.1. The zero-order valence-electron chi connectivity index (χ0n) is 9.21. The average Bonchev–Trinajstić information content (AvgIpc) is 2.78. The van der Waals surface area contributed by atoms with Crippen molar-refractivity contribution in [3.8, 4) is 0 Å². The van der Waals surface area contributed by atoms with Crippen LogP contribution in [0, 0.1) is 0 Å². The standard InChI is InChI=1S/C13H11N3O/c17-13-6-11-7-14-8-12(11)15-16(13)9-10-4-2-1-3-5-10/h1-6,8H,7,9H2. The van der Waals surface area contributed by atoms with E-state index < -0.39 is 0 Å². The monoisotopic (exact) mass is 225 g/mol. The second kappa shape index (κ2) is 3.97. The van der Waals surface area contributed by atoms with Crippen LogP contribution in [0.25, 0.3) is 0 Å². The Kier molecular flexibility index (Phi) is 2.33. The van der Waals surface area contributed by atoms with Crippen LogP contribution in [0.1, 0.15) is 16.8 Å². The van der Waals surface area contributed by atoms with E-state index in [1.165, 1.54) is 4.68 Å². The third-order valence-electron chi connectivity index (χ3n) is 2.76. The van der Waals surface area contributed by atoms with Gasteiger partial charge in [0.1, 0.15) is 5.69 Å². The molecule has 0 spiro atoms. The number of nitrogens with zero attached hydrogens (tertiary/aromatic N) is 3. The lowest BCUT2D eigenvalue weighted by atomic mass is 10.2. The Bertz CT molecular complexity index is 629. The van der Waals surface area contributed by atoms with Crippen LogP contribution in [0.3, 0.4) is 0 Å². The summed E-state index contributed by atoms with van der Waals surface area (Å²) in [6, 6.07) is 11.4. The van der Waals surface area contributed by atoms with Crippen molar-refractivity contribution in [1.29, 1.82) is 0 Å². The van der Waals surface area contributed by atoms with E-state index in [9.17, 15) is 4.79 Å². The van der Waals surface area contributed by atoms with Crippen molar-refractivity contribution in [1.82, 2.24) is 9.78 Å². The van der Waals surface area contributed by atoms with Gasteiger partial charge in [-0.05, 0) is 5.56 Å². The summed E-state index contributed by atoms with van der Waals surface area (Å²) in [5.74, 6) is 0. The van der Waals surface area contributed by atoms with E-state index >= 15 is 0 Å². The van der Waals surface area contributed by atoms with E-state index in [0.29, 0.717) is 13.1 Å². The van der Waals surface area contributed by atoms with E-state index in [-0.39, 0.29) is 5.56 Å². The van der Waals surface area contributed by atoms with Crippen LogP contribution >= 0.6 is 0 Å². The molecule has 0 atom stereocenters. The zero-order chi connectivity index (χ0) is 11.7. The SMILES string of the molecule is O=c1cc2c(nn1Cc1ccccc1)C=NC2. The molecule has 0 fully saturated rings. The summed E-state index contributed by atoms with van der Waals surface area (Å²) in [4.78, 5) is 15.9. The molecule has 4 heteroatoms. The first kappa shape index (κ1) is 9.96. The van der Waals surface area contributed by atoms with Gasteiger partial charge in [-0.15, -0.1) is 0 Å². The number of aromatic nitrogens is 2. The Morgan fingerprint density at radius 3 is 2.88 bits per heavy atom. The summed E-state index contributed by atoms with van der Waals surface area (Å²) in [6.45, 7) is 1.07. The average molecular weight is 225 g/mol. The van der Waals surface area contributed by atoms with Gasteiger partial charge in [0, 0.05) is 17.8 Å². The van der Waals surface area contributed by atoms with Crippen LogP contribution in [0.2, 0.25) is 0 Å². The lowest BCUT2D eigenvalue weighted by Crippen LogP contribution is -2.24. The molecule has 0 saturated heterocycles. The zero-order valence-corrected chi connectivity index (χ0v) is 9.21. The van der Waals surface area contributed by atoms with Gasteiger partial charge >= 0.3 is 0 Å². The predicted octanol–water partition coefficient (Wildman–Crippen LogP) is 1.22. The van der Waals surface area contributed by atoms with Crippen molar-refractivity contribution in [2.24, 2.45) is 4.99 Å². The summed E-state index contributed by atoms with van der Waals surface area (Å²) < 4.78 is 1.48. The number of benzene rings is 1. The minimum Gasteiger partial charge on any atom is -0.286 e. The van der Waals surface area contributed by atoms with Crippen LogP contribution in [0.5, 0.6) is 0 Å². The minimum atomic E-state index is -0.0712. The minimum absolute atomic E-state index is 0.0712. The maximum absolute atomic E-state index is 11.8. The molecule has 0 aliphatic carbocycles. The molecule has 17 heavy (non-hydrogen) atoms. The van der Waals surface area contributed by atoms with Gasteiger partial charge in [-0.3, -0.25) is 9.79 Å². The molecular formula is C13H11N3O. The first-order valence-corrected chi connectivity index (χ1v) is 5.48. The first-order chi connectivity index (χ1) is 8.33. The van der Waals surface area contributed by atoms with Gasteiger partial charge in [0.05, 0.1) is 13.1 Å². The molecule has 2 heterocycles. The Morgan fingerprint density at radius 2 is 2.06 bits per heavy atom. The molecule has 0 amide bonds. The summed E-state index contributed by atoms with van der Waals surface area (Å²) >= 11 is 0. The summed E-state index contributed by atoms with van der Waals surface area (Å²) in [7, 11) is 0. The van der Waals surface area contributed by atoms with E-state index in [1.54, 1.807) is 12.3 Å². The normalized spacial score (nSPS) is 12.7. The molecule has 84 valence electrons. The third-order valence-corrected chi connectivity index (χ3v) is 2.76. The maximum Gasteiger partial charge on any atom is 0.267 e.